The molecule has 0 radical (unpaired) electrons. The van der Waals surface area contributed by atoms with Crippen LogP contribution in [-0.2, 0) is 19.1 Å². The lowest BCUT2D eigenvalue weighted by Gasteiger charge is -2.09. The molecule has 0 aliphatic heterocycles. The number of carbonyl (C=O) groups is 3. The SMILES string of the molecule is CNC(C(=O)OC)C(=O)C(C)=O. The van der Waals surface area contributed by atoms with Crippen molar-refractivity contribution in [3.05, 3.63) is 0 Å². The molecule has 1 N–H and O–H groups in total. The molecular formula is C7H11NO4. The van der Waals surface area contributed by atoms with Crippen LogP contribution in [0.1, 0.15) is 6.92 Å². The monoisotopic (exact) mass is 173 g/mol. The van der Waals surface area contributed by atoms with Crippen molar-refractivity contribution >= 4 is 17.5 Å². The molecule has 5 heteroatoms. The van der Waals surface area contributed by atoms with E-state index in [9.17, 15) is 14.4 Å². The van der Waals surface area contributed by atoms with Gasteiger partial charge in [-0.25, -0.2) is 4.79 Å². The highest BCUT2D eigenvalue weighted by Crippen LogP contribution is 1.90. The Labute approximate surface area is 70.1 Å². The van der Waals surface area contributed by atoms with Gasteiger partial charge in [-0.2, -0.15) is 0 Å². The van der Waals surface area contributed by atoms with Gasteiger partial charge in [-0.05, 0) is 7.05 Å². The van der Waals surface area contributed by atoms with Gasteiger partial charge in [0.05, 0.1) is 7.11 Å². The molecule has 0 rings (SSSR count). The van der Waals surface area contributed by atoms with Crippen molar-refractivity contribution in [3.8, 4) is 0 Å². The van der Waals surface area contributed by atoms with Crippen molar-refractivity contribution < 1.29 is 19.1 Å². The highest BCUT2D eigenvalue weighted by molar-refractivity contribution is 6.41. The molecule has 5 nitrogen and oxygen atoms in total. The molecule has 0 fully saturated rings. The van der Waals surface area contributed by atoms with Gasteiger partial charge in [0, 0.05) is 6.92 Å². The predicted molar refractivity (Wildman–Crippen MR) is 40.6 cm³/mol. The fourth-order valence-corrected chi connectivity index (χ4v) is 0.677. The number of nitrogens with one attached hydrogen (secondary N) is 1. The maximum absolute atomic E-state index is 11.0. The van der Waals surface area contributed by atoms with Crippen molar-refractivity contribution in [1.82, 2.24) is 5.32 Å². The van der Waals surface area contributed by atoms with Crippen LogP contribution < -0.4 is 5.32 Å². The van der Waals surface area contributed by atoms with Crippen molar-refractivity contribution in [2.75, 3.05) is 14.2 Å². The molecular weight excluding hydrogens is 162 g/mol. The van der Waals surface area contributed by atoms with Gasteiger partial charge >= 0.3 is 5.97 Å². The largest absolute Gasteiger partial charge is 0.468 e. The van der Waals surface area contributed by atoms with Crippen LogP contribution in [0.5, 0.6) is 0 Å². The Morgan fingerprint density at radius 3 is 2.08 bits per heavy atom. The summed E-state index contributed by atoms with van der Waals surface area (Å²) in [7, 11) is 2.56. The van der Waals surface area contributed by atoms with Crippen molar-refractivity contribution in [2.24, 2.45) is 0 Å². The summed E-state index contributed by atoms with van der Waals surface area (Å²) in [6, 6.07) is -1.17. The van der Waals surface area contributed by atoms with E-state index < -0.39 is 23.6 Å². The molecule has 1 unspecified atom stereocenters. The summed E-state index contributed by atoms with van der Waals surface area (Å²) in [6.45, 7) is 1.11. The maximum atomic E-state index is 11.0. The summed E-state index contributed by atoms with van der Waals surface area (Å²) in [4.78, 5) is 32.4. The highest BCUT2D eigenvalue weighted by Gasteiger charge is 2.28. The molecule has 0 aromatic rings. The first kappa shape index (κ1) is 10.8. The van der Waals surface area contributed by atoms with Crippen molar-refractivity contribution in [3.63, 3.8) is 0 Å². The van der Waals surface area contributed by atoms with Crippen LogP contribution in [0.25, 0.3) is 0 Å². The molecule has 0 aromatic carbocycles. The second-order valence-corrected chi connectivity index (χ2v) is 2.17. The van der Waals surface area contributed by atoms with Crippen LogP contribution in [0.2, 0.25) is 0 Å². The Balaban J connectivity index is 4.45. The Kier molecular flexibility index (Phi) is 4.14. The quantitative estimate of drug-likeness (QED) is 0.332. The first-order valence-corrected chi connectivity index (χ1v) is 3.34. The number of Topliss-reactive ketones (excluding diaryl/α,β-unsaturated/α-hetero) is 2. The molecule has 0 aromatic heterocycles. The third-order valence-electron chi connectivity index (χ3n) is 1.33. The summed E-state index contributed by atoms with van der Waals surface area (Å²) in [5.74, 6) is -2.21. The van der Waals surface area contributed by atoms with E-state index in [2.05, 4.69) is 10.1 Å². The maximum Gasteiger partial charge on any atom is 0.331 e. The topological polar surface area (TPSA) is 72.5 Å². The number of esters is 1. The van der Waals surface area contributed by atoms with E-state index in [-0.39, 0.29) is 0 Å². The van der Waals surface area contributed by atoms with Gasteiger partial charge in [-0.3, -0.25) is 9.59 Å². The molecule has 0 spiro atoms. The zero-order chi connectivity index (χ0) is 9.72. The average Bonchev–Trinajstić information content (AvgIpc) is 2.05. The Morgan fingerprint density at radius 2 is 1.83 bits per heavy atom. The van der Waals surface area contributed by atoms with Crippen LogP contribution in [0.15, 0.2) is 0 Å². The van der Waals surface area contributed by atoms with Gasteiger partial charge < -0.3 is 10.1 Å². The molecule has 0 saturated carbocycles. The number of hydrogen-bond donors (Lipinski definition) is 1. The van der Waals surface area contributed by atoms with Crippen molar-refractivity contribution in [1.29, 1.82) is 0 Å². The summed E-state index contributed by atoms with van der Waals surface area (Å²) >= 11 is 0. The van der Waals surface area contributed by atoms with Crippen LogP contribution in [-0.4, -0.2) is 37.7 Å². The lowest BCUT2D eigenvalue weighted by Crippen LogP contribution is -2.44. The molecule has 0 saturated heterocycles. The van der Waals surface area contributed by atoms with Gasteiger partial charge in [-0.15, -0.1) is 0 Å². The van der Waals surface area contributed by atoms with Gasteiger partial charge in [0.25, 0.3) is 0 Å². The zero-order valence-electron chi connectivity index (χ0n) is 7.21. The number of rotatable bonds is 4. The first-order valence-electron chi connectivity index (χ1n) is 3.34. The molecule has 12 heavy (non-hydrogen) atoms. The van der Waals surface area contributed by atoms with Crippen LogP contribution in [0, 0.1) is 0 Å². The second kappa shape index (κ2) is 4.61. The molecule has 68 valence electrons. The normalized spacial score (nSPS) is 11.9. The molecule has 0 bridgehead atoms. The van der Waals surface area contributed by atoms with Gasteiger partial charge in [-0.1, -0.05) is 0 Å². The summed E-state index contributed by atoms with van der Waals surface area (Å²) in [5.41, 5.74) is 0. The minimum Gasteiger partial charge on any atom is -0.468 e. The van der Waals surface area contributed by atoms with E-state index in [1.54, 1.807) is 0 Å². The lowest BCUT2D eigenvalue weighted by atomic mass is 10.1. The molecule has 0 aliphatic carbocycles. The number of ketones is 2. The van der Waals surface area contributed by atoms with Crippen LogP contribution in [0.3, 0.4) is 0 Å². The number of ether oxygens (including phenoxy) is 1. The Morgan fingerprint density at radius 1 is 1.33 bits per heavy atom. The summed E-state index contributed by atoms with van der Waals surface area (Å²) < 4.78 is 4.30. The lowest BCUT2D eigenvalue weighted by molar-refractivity contribution is -0.149. The fraction of sp³-hybridized carbons (Fsp3) is 0.571. The van der Waals surface area contributed by atoms with E-state index in [4.69, 9.17) is 0 Å². The Bertz CT molecular complexity index is 211. The van der Waals surface area contributed by atoms with E-state index in [0.717, 1.165) is 14.0 Å². The van der Waals surface area contributed by atoms with E-state index in [1.165, 1.54) is 7.05 Å². The van der Waals surface area contributed by atoms with Crippen molar-refractivity contribution in [2.45, 2.75) is 13.0 Å². The minimum atomic E-state index is -1.17. The summed E-state index contributed by atoms with van der Waals surface area (Å²) in [6.07, 6.45) is 0. The minimum absolute atomic E-state index is 0.667. The number of methoxy groups -OCH3 is 1. The fourth-order valence-electron chi connectivity index (χ4n) is 0.677. The number of hydrogen-bond acceptors (Lipinski definition) is 5. The molecule has 0 aliphatic rings. The standard InChI is InChI=1S/C7H11NO4/c1-4(9)6(10)5(8-2)7(11)12-3/h5,8H,1-3H3. The van der Waals surface area contributed by atoms with Gasteiger partial charge in [0.1, 0.15) is 0 Å². The first-order chi connectivity index (χ1) is 5.54. The van der Waals surface area contributed by atoms with E-state index in [1.807, 2.05) is 0 Å². The zero-order valence-corrected chi connectivity index (χ0v) is 7.21. The second-order valence-electron chi connectivity index (χ2n) is 2.17. The van der Waals surface area contributed by atoms with E-state index in [0.29, 0.717) is 0 Å². The van der Waals surface area contributed by atoms with Gasteiger partial charge in [0.2, 0.25) is 5.78 Å². The summed E-state index contributed by atoms with van der Waals surface area (Å²) in [5, 5.41) is 2.39. The third kappa shape index (κ3) is 2.43. The average molecular weight is 173 g/mol. The van der Waals surface area contributed by atoms with Crippen LogP contribution in [0.4, 0.5) is 0 Å². The number of carbonyl (C=O) groups excluding carboxylic acids is 3. The Hall–Kier alpha value is -1.23. The van der Waals surface area contributed by atoms with Gasteiger partial charge in [0.15, 0.2) is 11.8 Å². The number of likely N-dealkylation sites (N-methyl/N-ethyl adjacent to an activating group) is 1. The smallest absolute Gasteiger partial charge is 0.331 e. The van der Waals surface area contributed by atoms with Crippen LogP contribution >= 0.6 is 0 Å². The predicted octanol–water partition coefficient (Wildman–Crippen LogP) is -1.09. The molecule has 0 amide bonds. The molecule has 1 atom stereocenters. The highest BCUT2D eigenvalue weighted by atomic mass is 16.5. The molecule has 0 heterocycles. The van der Waals surface area contributed by atoms with E-state index >= 15 is 0 Å². The third-order valence-corrected chi connectivity index (χ3v) is 1.33.